The molecule has 0 N–H and O–H groups in total. The van der Waals surface area contributed by atoms with Crippen LogP contribution in [0, 0.1) is 0 Å². The van der Waals surface area contributed by atoms with Crippen molar-refractivity contribution in [3.63, 3.8) is 0 Å². The summed E-state index contributed by atoms with van der Waals surface area (Å²) in [5.74, 6) is -0.176. The van der Waals surface area contributed by atoms with Gasteiger partial charge < -0.3 is 28.6 Å². The van der Waals surface area contributed by atoms with Crippen LogP contribution in [-0.2, 0) is 28.5 Å². The molecule has 47 heavy (non-hydrogen) atoms. The highest BCUT2D eigenvalue weighted by Crippen LogP contribution is 2.16. The molecule has 0 spiro atoms. The molecule has 0 aromatic heterocycles. The minimum absolute atomic E-state index is 0.113. The Morgan fingerprint density at radius 2 is 1.04 bits per heavy atom. The molecule has 0 rings (SSSR count). The molecule has 0 aromatic carbocycles. The predicted molar refractivity (Wildman–Crippen MR) is 194 cm³/mol. The summed E-state index contributed by atoms with van der Waals surface area (Å²) in [5, 5.41) is 0. The third-order valence-electron chi connectivity index (χ3n) is 8.75. The Balaban J connectivity index is 4.37. The van der Waals surface area contributed by atoms with Gasteiger partial charge in [-0.15, -0.1) is 0 Å². The van der Waals surface area contributed by atoms with Crippen molar-refractivity contribution >= 4 is 12.1 Å². The maximum absolute atomic E-state index is 12.4. The standard InChI is InChI=1S/C39H77NO7/c1-6-11-14-15-16-17-18-19-20-23-27-36(47-39(42)46-34-26-31-40(9-4)10-5)30-35-43-37(41)28-24-21-22-25-29-38(44-32-12-7-2)45-33-13-8-3/h36,38H,6-35H2,1-5H3. The molecule has 0 bridgehead atoms. The van der Waals surface area contributed by atoms with Gasteiger partial charge in [0.2, 0.25) is 0 Å². The molecule has 0 radical (unpaired) electrons. The molecule has 0 aliphatic rings. The number of hydrogen-bond acceptors (Lipinski definition) is 8. The zero-order valence-electron chi connectivity index (χ0n) is 31.7. The average molecular weight is 672 g/mol. The summed E-state index contributed by atoms with van der Waals surface area (Å²) in [5.41, 5.74) is 0. The lowest BCUT2D eigenvalue weighted by molar-refractivity contribution is -0.148. The zero-order valence-corrected chi connectivity index (χ0v) is 31.7. The van der Waals surface area contributed by atoms with E-state index in [1.54, 1.807) is 0 Å². The smallest absolute Gasteiger partial charge is 0.466 e. The molecule has 280 valence electrons. The van der Waals surface area contributed by atoms with Crippen molar-refractivity contribution in [2.45, 2.75) is 195 Å². The SMILES string of the molecule is CCCCCCCCCCCCC(CCOC(=O)CCCCCCC(OCCCC)OCCCC)OC(=O)OCCCN(CC)CC. The molecular formula is C39H77NO7. The first-order chi connectivity index (χ1) is 23.0. The van der Waals surface area contributed by atoms with Crippen molar-refractivity contribution in [2.24, 2.45) is 0 Å². The normalized spacial score (nSPS) is 12.1. The topological polar surface area (TPSA) is 83.5 Å². The first-order valence-electron chi connectivity index (χ1n) is 19.9. The summed E-state index contributed by atoms with van der Waals surface area (Å²) in [7, 11) is 0. The van der Waals surface area contributed by atoms with Gasteiger partial charge in [-0.05, 0) is 64.5 Å². The van der Waals surface area contributed by atoms with Gasteiger partial charge in [0, 0.05) is 32.6 Å². The minimum Gasteiger partial charge on any atom is -0.466 e. The Labute approximate surface area is 290 Å². The second-order valence-corrected chi connectivity index (χ2v) is 13.0. The van der Waals surface area contributed by atoms with Gasteiger partial charge in [0.1, 0.15) is 6.10 Å². The van der Waals surface area contributed by atoms with E-state index in [0.717, 1.165) is 116 Å². The molecule has 1 unspecified atom stereocenters. The fourth-order valence-corrected chi connectivity index (χ4v) is 5.52. The second-order valence-electron chi connectivity index (χ2n) is 13.0. The highest BCUT2D eigenvalue weighted by Gasteiger charge is 2.17. The van der Waals surface area contributed by atoms with Gasteiger partial charge in [0.15, 0.2) is 6.29 Å². The van der Waals surface area contributed by atoms with E-state index < -0.39 is 6.16 Å². The number of carbonyl (C=O) groups excluding carboxylic acids is 2. The van der Waals surface area contributed by atoms with Crippen LogP contribution in [0.3, 0.4) is 0 Å². The van der Waals surface area contributed by atoms with Crippen LogP contribution in [0.25, 0.3) is 0 Å². The number of nitrogens with zero attached hydrogens (tertiary/aromatic N) is 1. The van der Waals surface area contributed by atoms with Gasteiger partial charge in [0.05, 0.1) is 13.2 Å². The molecule has 0 aliphatic carbocycles. The van der Waals surface area contributed by atoms with Crippen LogP contribution in [0.2, 0.25) is 0 Å². The summed E-state index contributed by atoms with van der Waals surface area (Å²) in [6, 6.07) is 0. The number of rotatable bonds is 36. The van der Waals surface area contributed by atoms with Crippen molar-refractivity contribution in [3.05, 3.63) is 0 Å². The van der Waals surface area contributed by atoms with Crippen molar-refractivity contribution < 1.29 is 33.3 Å². The third-order valence-corrected chi connectivity index (χ3v) is 8.75. The molecule has 0 amide bonds. The second kappa shape index (κ2) is 35.9. The molecule has 0 aliphatic heterocycles. The summed E-state index contributed by atoms with van der Waals surface area (Å²) in [6.07, 6.45) is 23.2. The van der Waals surface area contributed by atoms with Gasteiger partial charge >= 0.3 is 12.1 Å². The lowest BCUT2D eigenvalue weighted by Gasteiger charge is -2.19. The van der Waals surface area contributed by atoms with E-state index in [1.165, 1.54) is 51.4 Å². The minimum atomic E-state index is -0.610. The van der Waals surface area contributed by atoms with Crippen LogP contribution >= 0.6 is 0 Å². The lowest BCUT2D eigenvalue weighted by atomic mass is 10.0. The van der Waals surface area contributed by atoms with Gasteiger partial charge in [-0.3, -0.25) is 4.79 Å². The number of hydrogen-bond donors (Lipinski definition) is 0. The number of ether oxygens (including phenoxy) is 5. The van der Waals surface area contributed by atoms with E-state index in [1.807, 2.05) is 0 Å². The van der Waals surface area contributed by atoms with E-state index >= 15 is 0 Å². The third kappa shape index (κ3) is 31.6. The highest BCUT2D eigenvalue weighted by atomic mass is 16.7. The number of carbonyl (C=O) groups is 2. The highest BCUT2D eigenvalue weighted by molar-refractivity contribution is 5.69. The van der Waals surface area contributed by atoms with Crippen LogP contribution in [-0.4, -0.2) is 75.5 Å². The molecule has 1 atom stereocenters. The van der Waals surface area contributed by atoms with Crippen LogP contribution in [0.15, 0.2) is 0 Å². The molecule has 8 nitrogen and oxygen atoms in total. The molecule has 0 saturated carbocycles. The van der Waals surface area contributed by atoms with Crippen LogP contribution in [0.4, 0.5) is 4.79 Å². The molecule has 0 saturated heterocycles. The fourth-order valence-electron chi connectivity index (χ4n) is 5.52. The average Bonchev–Trinajstić information content (AvgIpc) is 3.07. The van der Waals surface area contributed by atoms with Crippen molar-refractivity contribution in [1.29, 1.82) is 0 Å². The van der Waals surface area contributed by atoms with Crippen molar-refractivity contribution in [3.8, 4) is 0 Å². The predicted octanol–water partition coefficient (Wildman–Crippen LogP) is 10.8. The van der Waals surface area contributed by atoms with Crippen LogP contribution in [0.1, 0.15) is 182 Å². The monoisotopic (exact) mass is 672 g/mol. The van der Waals surface area contributed by atoms with Gasteiger partial charge in [0.25, 0.3) is 0 Å². The van der Waals surface area contributed by atoms with E-state index in [0.29, 0.717) is 19.4 Å². The van der Waals surface area contributed by atoms with Crippen molar-refractivity contribution in [1.82, 2.24) is 4.90 Å². The summed E-state index contributed by atoms with van der Waals surface area (Å²) in [6.45, 7) is 15.9. The quantitative estimate of drug-likeness (QED) is 0.0370. The molecule has 0 fully saturated rings. The van der Waals surface area contributed by atoms with Crippen LogP contribution < -0.4 is 0 Å². The lowest BCUT2D eigenvalue weighted by Crippen LogP contribution is -2.26. The largest absolute Gasteiger partial charge is 0.508 e. The Bertz CT molecular complexity index is 664. The molecule has 8 heteroatoms. The molecular weight excluding hydrogens is 594 g/mol. The van der Waals surface area contributed by atoms with Gasteiger partial charge in [-0.1, -0.05) is 118 Å². The summed E-state index contributed by atoms with van der Waals surface area (Å²) in [4.78, 5) is 27.1. The zero-order chi connectivity index (χ0) is 34.6. The van der Waals surface area contributed by atoms with Crippen molar-refractivity contribution in [2.75, 3.05) is 46.1 Å². The van der Waals surface area contributed by atoms with E-state index in [4.69, 9.17) is 23.7 Å². The van der Waals surface area contributed by atoms with E-state index in [9.17, 15) is 9.59 Å². The Hall–Kier alpha value is -1.38. The van der Waals surface area contributed by atoms with Gasteiger partial charge in [-0.25, -0.2) is 4.79 Å². The summed E-state index contributed by atoms with van der Waals surface area (Å²) >= 11 is 0. The summed E-state index contributed by atoms with van der Waals surface area (Å²) < 4.78 is 28.5. The maximum Gasteiger partial charge on any atom is 0.508 e. The van der Waals surface area contributed by atoms with Crippen LogP contribution in [0.5, 0.6) is 0 Å². The number of esters is 1. The fraction of sp³-hybridized carbons (Fsp3) is 0.949. The van der Waals surface area contributed by atoms with E-state index in [-0.39, 0.29) is 25.0 Å². The Morgan fingerprint density at radius 1 is 0.511 bits per heavy atom. The van der Waals surface area contributed by atoms with E-state index in [2.05, 4.69) is 39.5 Å². The number of unbranched alkanes of at least 4 members (excludes halogenated alkanes) is 14. The molecule has 0 heterocycles. The first-order valence-corrected chi connectivity index (χ1v) is 19.9. The van der Waals surface area contributed by atoms with Gasteiger partial charge in [-0.2, -0.15) is 0 Å². The Morgan fingerprint density at radius 3 is 1.62 bits per heavy atom. The first kappa shape index (κ1) is 45.6. The Kier molecular flexibility index (Phi) is 34.9. The maximum atomic E-state index is 12.4. The molecule has 0 aromatic rings.